The normalized spacial score (nSPS) is 10.4. The van der Waals surface area contributed by atoms with E-state index in [-0.39, 0.29) is 5.78 Å². The molecule has 0 N–H and O–H groups in total. The molecule has 0 spiro atoms. The van der Waals surface area contributed by atoms with Gasteiger partial charge in [-0.1, -0.05) is 11.6 Å². The van der Waals surface area contributed by atoms with Crippen molar-refractivity contribution < 1.29 is 4.79 Å². The van der Waals surface area contributed by atoms with Gasteiger partial charge in [-0.15, -0.1) is 0 Å². The molecule has 0 aromatic carbocycles. The molecular weight excluding hydrogens is 293 g/mol. The average molecular weight is 301 g/mol. The van der Waals surface area contributed by atoms with Crippen LogP contribution < -0.4 is 0 Å². The number of ketones is 1. The molecule has 2 aromatic rings. The van der Waals surface area contributed by atoms with Crippen LogP contribution in [-0.4, -0.2) is 20.5 Å². The first kappa shape index (κ1) is 11.3. The van der Waals surface area contributed by atoms with Gasteiger partial charge in [-0.3, -0.25) is 14.5 Å². The smallest absolute Gasteiger partial charge is 0.230 e. The molecule has 0 fully saturated rings. The molecule has 0 saturated heterocycles. The van der Waals surface area contributed by atoms with Crippen molar-refractivity contribution in [1.29, 1.82) is 0 Å². The molecule has 0 radical (unpaired) electrons. The summed E-state index contributed by atoms with van der Waals surface area (Å²) in [6.07, 6.45) is 3.02. The van der Waals surface area contributed by atoms with Gasteiger partial charge >= 0.3 is 0 Å². The van der Waals surface area contributed by atoms with Gasteiger partial charge in [0.2, 0.25) is 5.78 Å². The van der Waals surface area contributed by atoms with Gasteiger partial charge in [0.1, 0.15) is 11.4 Å². The first-order chi connectivity index (χ1) is 7.59. The molecular formula is C10H7BrClN3O. The van der Waals surface area contributed by atoms with Gasteiger partial charge in [-0.2, -0.15) is 5.10 Å². The molecule has 6 heteroatoms. The second kappa shape index (κ2) is 4.35. The van der Waals surface area contributed by atoms with Crippen molar-refractivity contribution in [2.24, 2.45) is 7.05 Å². The maximum absolute atomic E-state index is 12.1. The largest absolute Gasteiger partial charge is 0.285 e. The molecule has 0 aliphatic rings. The molecule has 0 aliphatic carbocycles. The average Bonchev–Trinajstić information content (AvgIpc) is 2.59. The van der Waals surface area contributed by atoms with Gasteiger partial charge in [-0.25, -0.2) is 0 Å². The minimum Gasteiger partial charge on any atom is -0.285 e. The van der Waals surface area contributed by atoms with Crippen molar-refractivity contribution in [3.05, 3.63) is 45.4 Å². The van der Waals surface area contributed by atoms with Gasteiger partial charge in [0.05, 0.1) is 15.7 Å². The molecule has 2 aromatic heterocycles. The number of carbonyl (C=O) groups is 1. The number of pyridine rings is 1. The molecule has 2 rings (SSSR count). The molecule has 0 aliphatic heterocycles. The second-order valence-electron chi connectivity index (χ2n) is 3.16. The topological polar surface area (TPSA) is 47.8 Å². The second-order valence-corrected chi connectivity index (χ2v) is 4.45. The Morgan fingerprint density at radius 3 is 2.69 bits per heavy atom. The van der Waals surface area contributed by atoms with E-state index in [1.54, 1.807) is 25.4 Å². The first-order valence-electron chi connectivity index (χ1n) is 4.43. The van der Waals surface area contributed by atoms with E-state index >= 15 is 0 Å². The van der Waals surface area contributed by atoms with Crippen LogP contribution in [0.3, 0.4) is 0 Å². The zero-order valence-corrected chi connectivity index (χ0v) is 10.7. The molecule has 16 heavy (non-hydrogen) atoms. The zero-order chi connectivity index (χ0) is 11.7. The Labute approximate surface area is 105 Å². The van der Waals surface area contributed by atoms with E-state index in [0.717, 1.165) is 0 Å². The van der Waals surface area contributed by atoms with E-state index in [2.05, 4.69) is 26.0 Å². The number of aryl methyl sites for hydroxylation is 1. The molecule has 0 amide bonds. The Bertz CT molecular complexity index is 516. The minimum atomic E-state index is -0.191. The molecule has 0 bridgehead atoms. The van der Waals surface area contributed by atoms with Gasteiger partial charge < -0.3 is 0 Å². The van der Waals surface area contributed by atoms with Gasteiger partial charge in [0, 0.05) is 13.2 Å². The van der Waals surface area contributed by atoms with Crippen LogP contribution in [0.1, 0.15) is 16.2 Å². The minimum absolute atomic E-state index is 0.191. The Morgan fingerprint density at radius 1 is 1.44 bits per heavy atom. The van der Waals surface area contributed by atoms with E-state index in [0.29, 0.717) is 20.9 Å². The van der Waals surface area contributed by atoms with Crippen molar-refractivity contribution in [3.8, 4) is 0 Å². The Balaban J connectivity index is 2.43. The summed E-state index contributed by atoms with van der Waals surface area (Å²) in [5.74, 6) is -0.191. The molecule has 2 heterocycles. The molecule has 0 atom stereocenters. The summed E-state index contributed by atoms with van der Waals surface area (Å²) in [6, 6.07) is 3.22. The third-order valence-electron chi connectivity index (χ3n) is 2.07. The van der Waals surface area contributed by atoms with Crippen LogP contribution in [0.25, 0.3) is 0 Å². The van der Waals surface area contributed by atoms with Crippen LogP contribution in [0.5, 0.6) is 0 Å². The Kier molecular flexibility index (Phi) is 3.07. The highest BCUT2D eigenvalue weighted by Gasteiger charge is 2.18. The van der Waals surface area contributed by atoms with Crippen LogP contribution >= 0.6 is 27.5 Å². The van der Waals surface area contributed by atoms with Crippen LogP contribution in [0, 0.1) is 0 Å². The summed E-state index contributed by atoms with van der Waals surface area (Å²) in [6.45, 7) is 0. The number of halogens is 2. The number of aromatic nitrogens is 3. The fraction of sp³-hybridized carbons (Fsp3) is 0.100. The van der Waals surface area contributed by atoms with E-state index in [4.69, 9.17) is 11.6 Å². The van der Waals surface area contributed by atoms with Crippen LogP contribution in [0.2, 0.25) is 5.02 Å². The van der Waals surface area contributed by atoms with E-state index in [9.17, 15) is 4.79 Å². The third-order valence-corrected chi connectivity index (χ3v) is 2.87. The number of rotatable bonds is 2. The molecule has 4 nitrogen and oxygen atoms in total. The van der Waals surface area contributed by atoms with E-state index in [1.165, 1.54) is 10.9 Å². The Hall–Kier alpha value is -1.20. The van der Waals surface area contributed by atoms with Crippen LogP contribution in [0.15, 0.2) is 29.0 Å². The van der Waals surface area contributed by atoms with Crippen molar-refractivity contribution in [2.45, 2.75) is 0 Å². The predicted molar refractivity (Wildman–Crippen MR) is 63.6 cm³/mol. The lowest BCUT2D eigenvalue weighted by Gasteiger charge is -2.01. The predicted octanol–water partition coefficient (Wildman–Crippen LogP) is 2.46. The highest BCUT2D eigenvalue weighted by atomic mass is 79.9. The summed E-state index contributed by atoms with van der Waals surface area (Å²) in [4.78, 5) is 16.0. The standard InChI is InChI=1S/C10H7BrClN3O/c1-15-9(7(11)5-14-15)10(16)8-3-2-6(12)4-13-8/h2-5H,1H3. The van der Waals surface area contributed by atoms with Gasteiger partial charge in [-0.05, 0) is 28.1 Å². The summed E-state index contributed by atoms with van der Waals surface area (Å²) in [5, 5.41) is 4.48. The quantitative estimate of drug-likeness (QED) is 0.801. The lowest BCUT2D eigenvalue weighted by atomic mass is 10.2. The van der Waals surface area contributed by atoms with Gasteiger partial charge in [0.25, 0.3) is 0 Å². The lowest BCUT2D eigenvalue weighted by Crippen LogP contribution is -2.10. The van der Waals surface area contributed by atoms with Crippen molar-refractivity contribution in [2.75, 3.05) is 0 Å². The first-order valence-corrected chi connectivity index (χ1v) is 5.60. The summed E-state index contributed by atoms with van der Waals surface area (Å²) in [5.41, 5.74) is 0.809. The zero-order valence-electron chi connectivity index (χ0n) is 8.32. The molecule has 0 saturated carbocycles. The number of carbonyl (C=O) groups excluding carboxylic acids is 1. The summed E-state index contributed by atoms with van der Waals surface area (Å²) in [7, 11) is 1.70. The lowest BCUT2D eigenvalue weighted by molar-refractivity contribution is 0.102. The maximum atomic E-state index is 12.1. The SMILES string of the molecule is Cn1ncc(Br)c1C(=O)c1ccc(Cl)cn1. The fourth-order valence-corrected chi connectivity index (χ4v) is 1.94. The van der Waals surface area contributed by atoms with Crippen LogP contribution in [-0.2, 0) is 7.05 Å². The third kappa shape index (κ3) is 2.01. The van der Waals surface area contributed by atoms with E-state index < -0.39 is 0 Å². The highest BCUT2D eigenvalue weighted by Crippen LogP contribution is 2.18. The summed E-state index contributed by atoms with van der Waals surface area (Å²) < 4.78 is 2.15. The highest BCUT2D eigenvalue weighted by molar-refractivity contribution is 9.10. The van der Waals surface area contributed by atoms with Crippen molar-refractivity contribution in [1.82, 2.24) is 14.8 Å². The van der Waals surface area contributed by atoms with E-state index in [1.807, 2.05) is 0 Å². The monoisotopic (exact) mass is 299 g/mol. The van der Waals surface area contributed by atoms with Crippen molar-refractivity contribution >= 4 is 33.3 Å². The fourth-order valence-electron chi connectivity index (χ4n) is 1.30. The maximum Gasteiger partial charge on any atom is 0.230 e. The number of nitrogens with zero attached hydrogens (tertiary/aromatic N) is 3. The van der Waals surface area contributed by atoms with Gasteiger partial charge in [0.15, 0.2) is 0 Å². The number of hydrogen-bond donors (Lipinski definition) is 0. The molecule has 0 unspecified atom stereocenters. The number of hydrogen-bond acceptors (Lipinski definition) is 3. The Morgan fingerprint density at radius 2 is 2.19 bits per heavy atom. The van der Waals surface area contributed by atoms with Crippen LogP contribution in [0.4, 0.5) is 0 Å². The molecule has 82 valence electrons. The summed E-state index contributed by atoms with van der Waals surface area (Å²) >= 11 is 8.97. The van der Waals surface area contributed by atoms with Crippen molar-refractivity contribution in [3.63, 3.8) is 0 Å².